The molecule has 1 amide bonds. The highest BCUT2D eigenvalue weighted by Gasteiger charge is 2.13. The second-order valence-electron chi connectivity index (χ2n) is 7.05. The first kappa shape index (κ1) is 24.8. The van der Waals surface area contributed by atoms with Crippen LogP contribution in [0, 0.1) is 10.1 Å². The molecule has 8 nitrogen and oxygen atoms in total. The van der Waals surface area contributed by atoms with Crippen LogP contribution in [0.5, 0.6) is 0 Å². The Balaban J connectivity index is 0.00000676. The summed E-state index contributed by atoms with van der Waals surface area (Å²) in [5.74, 6) is 0.327. The van der Waals surface area contributed by atoms with Crippen molar-refractivity contribution in [1.29, 1.82) is 0 Å². The van der Waals surface area contributed by atoms with Gasteiger partial charge in [-0.25, -0.2) is 4.99 Å². The molecule has 0 heterocycles. The van der Waals surface area contributed by atoms with Crippen LogP contribution in [0.4, 0.5) is 5.69 Å². The number of benzene rings is 1. The predicted molar refractivity (Wildman–Crippen MR) is 118 cm³/mol. The molecule has 1 aromatic rings. The second-order valence-corrected chi connectivity index (χ2v) is 7.05. The van der Waals surface area contributed by atoms with Gasteiger partial charge in [-0.3, -0.25) is 14.9 Å². The van der Waals surface area contributed by atoms with E-state index in [0.29, 0.717) is 19.0 Å². The predicted octanol–water partition coefficient (Wildman–Crippen LogP) is 2.74. The summed E-state index contributed by atoms with van der Waals surface area (Å²) in [5, 5.41) is 19.6. The van der Waals surface area contributed by atoms with Crippen LogP contribution in [0.1, 0.15) is 33.3 Å². The van der Waals surface area contributed by atoms with Gasteiger partial charge in [0.25, 0.3) is 5.69 Å². The quantitative estimate of drug-likeness (QED) is 0.136. The van der Waals surface area contributed by atoms with E-state index in [0.717, 1.165) is 11.1 Å². The summed E-state index contributed by atoms with van der Waals surface area (Å²) < 4.78 is 0. The number of halogens is 1. The Morgan fingerprint density at radius 3 is 2.22 bits per heavy atom. The van der Waals surface area contributed by atoms with Crippen molar-refractivity contribution in [3.63, 3.8) is 0 Å². The molecular weight excluding hydrogens is 461 g/mol. The number of hydrogen-bond donors (Lipinski definition) is 3. The van der Waals surface area contributed by atoms with E-state index < -0.39 is 4.92 Å². The Labute approximate surface area is 177 Å². The van der Waals surface area contributed by atoms with Crippen molar-refractivity contribution in [2.75, 3.05) is 13.1 Å². The number of nitrogens with one attached hydrogen (secondary N) is 3. The first-order valence-electron chi connectivity index (χ1n) is 8.28. The van der Waals surface area contributed by atoms with Crippen LogP contribution >= 0.6 is 24.0 Å². The Morgan fingerprint density at radius 2 is 1.74 bits per heavy atom. The first-order chi connectivity index (χ1) is 12.1. The maximum absolute atomic E-state index is 11.9. The molecule has 0 atom stereocenters. The molecule has 27 heavy (non-hydrogen) atoms. The summed E-state index contributed by atoms with van der Waals surface area (Å²) in [4.78, 5) is 26.6. The van der Waals surface area contributed by atoms with E-state index in [1.165, 1.54) is 12.1 Å². The van der Waals surface area contributed by atoms with Gasteiger partial charge in [0, 0.05) is 24.2 Å². The number of nitrogens with zero attached hydrogens (tertiary/aromatic N) is 2. The van der Waals surface area contributed by atoms with Crippen LogP contribution in [0.15, 0.2) is 41.4 Å². The molecule has 1 aromatic carbocycles. The van der Waals surface area contributed by atoms with Crippen molar-refractivity contribution >= 4 is 41.5 Å². The fraction of sp³-hybridized carbons (Fsp3) is 0.444. The fourth-order valence-corrected chi connectivity index (χ4v) is 1.93. The number of nitro groups is 1. The van der Waals surface area contributed by atoms with Gasteiger partial charge in [0.1, 0.15) is 0 Å². The zero-order chi connectivity index (χ0) is 19.7. The van der Waals surface area contributed by atoms with Gasteiger partial charge >= 0.3 is 0 Å². The summed E-state index contributed by atoms with van der Waals surface area (Å²) in [5.41, 5.74) is 1.48. The number of nitro benzene ring substituents is 1. The largest absolute Gasteiger partial charge is 0.353 e. The fourth-order valence-electron chi connectivity index (χ4n) is 1.93. The molecule has 0 fully saturated rings. The van der Waals surface area contributed by atoms with E-state index >= 15 is 0 Å². The van der Waals surface area contributed by atoms with Crippen LogP contribution in [-0.4, -0.2) is 35.4 Å². The minimum Gasteiger partial charge on any atom is -0.353 e. The maximum atomic E-state index is 11.9. The van der Waals surface area contributed by atoms with Crippen LogP contribution in [0.2, 0.25) is 0 Å². The summed E-state index contributed by atoms with van der Waals surface area (Å²) >= 11 is 0. The van der Waals surface area contributed by atoms with Crippen LogP contribution in [0.25, 0.3) is 0 Å². The normalized spacial score (nSPS) is 11.2. The number of guanidine groups is 1. The number of amides is 1. The van der Waals surface area contributed by atoms with Crippen molar-refractivity contribution in [3.8, 4) is 0 Å². The lowest BCUT2D eigenvalue weighted by Gasteiger charge is -2.21. The van der Waals surface area contributed by atoms with E-state index in [1.54, 1.807) is 12.1 Å². The zero-order valence-corrected chi connectivity index (χ0v) is 18.5. The lowest BCUT2D eigenvalue weighted by Crippen LogP contribution is -2.48. The first-order valence-corrected chi connectivity index (χ1v) is 8.28. The van der Waals surface area contributed by atoms with Crippen molar-refractivity contribution in [2.45, 2.75) is 39.8 Å². The molecule has 9 heteroatoms. The number of carbonyl (C=O) groups is 1. The average molecular weight is 489 g/mol. The van der Waals surface area contributed by atoms with Gasteiger partial charge in [0.2, 0.25) is 5.91 Å². The molecule has 0 bridgehead atoms. The maximum Gasteiger partial charge on any atom is 0.269 e. The third-order valence-electron chi connectivity index (χ3n) is 3.06. The van der Waals surface area contributed by atoms with Crippen molar-refractivity contribution in [1.82, 2.24) is 16.0 Å². The highest BCUT2D eigenvalue weighted by molar-refractivity contribution is 14.0. The van der Waals surface area contributed by atoms with Gasteiger partial charge in [-0.1, -0.05) is 24.3 Å². The molecule has 1 rings (SSSR count). The molecule has 0 aromatic heterocycles. The van der Waals surface area contributed by atoms with E-state index in [9.17, 15) is 14.9 Å². The zero-order valence-electron chi connectivity index (χ0n) is 16.2. The smallest absolute Gasteiger partial charge is 0.269 e. The third kappa shape index (κ3) is 11.2. The topological polar surface area (TPSA) is 109 Å². The number of aliphatic imine (C=N–C) groups is 1. The Morgan fingerprint density at radius 1 is 1.19 bits per heavy atom. The molecule has 0 unspecified atom stereocenters. The van der Waals surface area contributed by atoms with Gasteiger partial charge < -0.3 is 16.0 Å². The Kier molecular flexibility index (Phi) is 10.6. The lowest BCUT2D eigenvalue weighted by atomic mass is 10.1. The Hall–Kier alpha value is -2.17. The van der Waals surface area contributed by atoms with Crippen molar-refractivity contribution < 1.29 is 9.72 Å². The molecule has 3 N–H and O–H groups in total. The number of rotatable bonds is 7. The highest BCUT2D eigenvalue weighted by Crippen LogP contribution is 2.12. The number of hydrogen-bond acceptors (Lipinski definition) is 4. The molecule has 0 saturated heterocycles. The van der Waals surface area contributed by atoms with Crippen LogP contribution < -0.4 is 16.0 Å². The van der Waals surface area contributed by atoms with Crippen molar-refractivity contribution in [3.05, 3.63) is 52.1 Å². The second kappa shape index (κ2) is 11.5. The van der Waals surface area contributed by atoms with Gasteiger partial charge in [-0.15, -0.1) is 24.0 Å². The molecule has 0 radical (unpaired) electrons. The van der Waals surface area contributed by atoms with Gasteiger partial charge in [0.05, 0.1) is 18.0 Å². The minimum atomic E-state index is -0.442. The Bertz CT molecular complexity index is 681. The molecule has 0 spiro atoms. The summed E-state index contributed by atoms with van der Waals surface area (Å²) in [6.45, 7) is 12.4. The van der Waals surface area contributed by atoms with E-state index in [4.69, 9.17) is 0 Å². The molecular formula is C18H28IN5O3. The molecule has 0 aliphatic carbocycles. The average Bonchev–Trinajstić information content (AvgIpc) is 2.52. The summed E-state index contributed by atoms with van der Waals surface area (Å²) in [7, 11) is 0. The molecule has 0 aliphatic heterocycles. The van der Waals surface area contributed by atoms with E-state index in [2.05, 4.69) is 27.5 Å². The van der Waals surface area contributed by atoms with E-state index in [1.807, 2.05) is 27.7 Å². The standard InChI is InChI=1S/C18H27N5O3.HI/c1-13(2)10-19-17(21-12-16(24)22-18(3,4)5)20-11-14-6-8-15(9-7-14)23(25)26;/h6-9H,1,10-12H2,2-5H3,(H,22,24)(H2,19,20,21);1H. The summed E-state index contributed by atoms with van der Waals surface area (Å²) in [6.07, 6.45) is 0. The van der Waals surface area contributed by atoms with Gasteiger partial charge in [0.15, 0.2) is 5.96 Å². The minimum absolute atomic E-state index is 0. The molecule has 0 aliphatic rings. The summed E-state index contributed by atoms with van der Waals surface area (Å²) in [6, 6.07) is 6.20. The SMILES string of the molecule is C=C(C)CNC(=NCc1ccc([N+](=O)[O-])cc1)NCC(=O)NC(C)(C)C.I. The van der Waals surface area contributed by atoms with Crippen molar-refractivity contribution in [2.24, 2.45) is 4.99 Å². The van der Waals surface area contributed by atoms with Gasteiger partial charge in [-0.05, 0) is 33.3 Å². The van der Waals surface area contributed by atoms with Crippen LogP contribution in [-0.2, 0) is 11.3 Å². The van der Waals surface area contributed by atoms with Gasteiger partial charge in [-0.2, -0.15) is 0 Å². The molecule has 150 valence electrons. The number of carbonyl (C=O) groups excluding carboxylic acids is 1. The third-order valence-corrected chi connectivity index (χ3v) is 3.06. The monoisotopic (exact) mass is 489 g/mol. The van der Waals surface area contributed by atoms with E-state index in [-0.39, 0.29) is 47.7 Å². The van der Waals surface area contributed by atoms with Crippen LogP contribution in [0.3, 0.4) is 0 Å². The highest BCUT2D eigenvalue weighted by atomic mass is 127. The number of non-ortho nitro benzene ring substituents is 1. The lowest BCUT2D eigenvalue weighted by molar-refractivity contribution is -0.384. The molecule has 0 saturated carbocycles.